The number of esters is 1. The van der Waals surface area contributed by atoms with E-state index in [-0.39, 0.29) is 0 Å². The molecule has 0 aliphatic heterocycles. The SMILES string of the molecule is COC(=O)C1(NC(=O)Nc2ccccc2OC)CC1. The number of nitrogens with one attached hydrogen (secondary N) is 2. The van der Waals surface area contributed by atoms with Gasteiger partial charge in [-0.3, -0.25) is 0 Å². The third-order valence-electron chi connectivity index (χ3n) is 3.03. The summed E-state index contributed by atoms with van der Waals surface area (Å²) in [4.78, 5) is 23.4. The molecule has 0 atom stereocenters. The van der Waals surface area contributed by atoms with Crippen LogP contribution in [-0.4, -0.2) is 31.8 Å². The number of urea groups is 1. The molecule has 0 unspecified atom stereocenters. The van der Waals surface area contributed by atoms with Gasteiger partial charge in [-0.15, -0.1) is 0 Å². The Morgan fingerprint density at radius 2 is 1.89 bits per heavy atom. The van der Waals surface area contributed by atoms with Crippen molar-refractivity contribution >= 4 is 17.7 Å². The smallest absolute Gasteiger partial charge is 0.331 e. The quantitative estimate of drug-likeness (QED) is 0.808. The number of benzene rings is 1. The molecule has 0 heterocycles. The third-order valence-corrected chi connectivity index (χ3v) is 3.03. The maximum atomic E-state index is 11.9. The molecule has 19 heavy (non-hydrogen) atoms. The molecule has 6 heteroatoms. The summed E-state index contributed by atoms with van der Waals surface area (Å²) in [5.74, 6) is 0.142. The predicted molar refractivity (Wildman–Crippen MR) is 69.1 cm³/mol. The van der Waals surface area contributed by atoms with Gasteiger partial charge in [0.15, 0.2) is 0 Å². The summed E-state index contributed by atoms with van der Waals surface area (Å²) >= 11 is 0. The number of amides is 2. The highest BCUT2D eigenvalue weighted by atomic mass is 16.5. The van der Waals surface area contributed by atoms with Crippen molar-refractivity contribution < 1.29 is 19.1 Å². The molecule has 1 aromatic carbocycles. The first-order valence-electron chi connectivity index (χ1n) is 5.92. The lowest BCUT2D eigenvalue weighted by molar-refractivity contribution is -0.144. The second kappa shape index (κ2) is 5.17. The molecule has 1 saturated carbocycles. The van der Waals surface area contributed by atoms with Gasteiger partial charge in [0.05, 0.1) is 19.9 Å². The molecule has 0 bridgehead atoms. The van der Waals surface area contributed by atoms with Gasteiger partial charge in [-0.1, -0.05) is 12.1 Å². The summed E-state index contributed by atoms with van der Waals surface area (Å²) in [5.41, 5.74) is -0.316. The van der Waals surface area contributed by atoms with Crippen molar-refractivity contribution in [3.05, 3.63) is 24.3 Å². The average Bonchev–Trinajstić information content (AvgIpc) is 3.19. The number of anilines is 1. The molecule has 6 nitrogen and oxygen atoms in total. The topological polar surface area (TPSA) is 76.7 Å². The molecule has 1 aromatic rings. The minimum atomic E-state index is -0.860. The predicted octanol–water partition coefficient (Wildman–Crippen LogP) is 1.52. The summed E-state index contributed by atoms with van der Waals surface area (Å²) in [6.45, 7) is 0. The molecule has 2 N–H and O–H groups in total. The van der Waals surface area contributed by atoms with Crippen LogP contribution in [0.2, 0.25) is 0 Å². The summed E-state index contributed by atoms with van der Waals surface area (Å²) in [7, 11) is 2.83. The first-order chi connectivity index (χ1) is 9.11. The highest BCUT2D eigenvalue weighted by Gasteiger charge is 2.52. The van der Waals surface area contributed by atoms with Crippen LogP contribution in [-0.2, 0) is 9.53 Å². The molecule has 1 fully saturated rings. The molecule has 0 saturated heterocycles. The lowest BCUT2D eigenvalue weighted by Crippen LogP contribution is -2.45. The fourth-order valence-corrected chi connectivity index (χ4v) is 1.82. The Bertz CT molecular complexity index is 497. The normalized spacial score (nSPS) is 15.3. The Morgan fingerprint density at radius 1 is 1.21 bits per heavy atom. The molecular weight excluding hydrogens is 248 g/mol. The van der Waals surface area contributed by atoms with Gasteiger partial charge in [-0.2, -0.15) is 0 Å². The van der Waals surface area contributed by atoms with Crippen LogP contribution >= 0.6 is 0 Å². The number of rotatable bonds is 4. The van der Waals surface area contributed by atoms with Gasteiger partial charge in [0.2, 0.25) is 0 Å². The zero-order valence-corrected chi connectivity index (χ0v) is 10.9. The molecule has 0 aromatic heterocycles. The highest BCUT2D eigenvalue weighted by molar-refractivity contribution is 5.96. The first-order valence-corrected chi connectivity index (χ1v) is 5.92. The number of ether oxygens (including phenoxy) is 2. The van der Waals surface area contributed by atoms with Gasteiger partial charge in [-0.05, 0) is 25.0 Å². The lowest BCUT2D eigenvalue weighted by Gasteiger charge is -2.16. The molecule has 1 aliphatic carbocycles. The van der Waals surface area contributed by atoms with E-state index >= 15 is 0 Å². The van der Waals surface area contributed by atoms with Crippen molar-refractivity contribution in [1.82, 2.24) is 5.32 Å². The largest absolute Gasteiger partial charge is 0.495 e. The molecule has 1 aliphatic rings. The molecule has 2 amide bonds. The second-order valence-corrected chi connectivity index (χ2v) is 4.35. The Kier molecular flexibility index (Phi) is 3.59. The highest BCUT2D eigenvalue weighted by Crippen LogP contribution is 2.36. The third kappa shape index (κ3) is 2.78. The Balaban J connectivity index is 2.00. The number of para-hydroxylation sites is 2. The van der Waals surface area contributed by atoms with E-state index in [1.165, 1.54) is 14.2 Å². The molecule has 0 radical (unpaired) electrons. The van der Waals surface area contributed by atoms with E-state index in [0.29, 0.717) is 24.3 Å². The van der Waals surface area contributed by atoms with E-state index in [2.05, 4.69) is 15.4 Å². The molecule has 0 spiro atoms. The van der Waals surface area contributed by atoms with E-state index < -0.39 is 17.5 Å². The summed E-state index contributed by atoms with van der Waals surface area (Å²) in [5, 5.41) is 5.29. The van der Waals surface area contributed by atoms with Gasteiger partial charge in [0, 0.05) is 0 Å². The standard InChI is InChI=1S/C13H16N2O4/c1-18-10-6-4-3-5-9(10)14-12(17)15-13(7-8-13)11(16)19-2/h3-6H,7-8H2,1-2H3,(H2,14,15,17). The number of hydrogen-bond acceptors (Lipinski definition) is 4. The fourth-order valence-electron chi connectivity index (χ4n) is 1.82. The van der Waals surface area contributed by atoms with Crippen molar-refractivity contribution in [3.63, 3.8) is 0 Å². The average molecular weight is 264 g/mol. The van der Waals surface area contributed by atoms with Crippen molar-refractivity contribution in [2.24, 2.45) is 0 Å². The van der Waals surface area contributed by atoms with Crippen LogP contribution in [0.25, 0.3) is 0 Å². The van der Waals surface area contributed by atoms with Crippen LogP contribution in [0.5, 0.6) is 5.75 Å². The Morgan fingerprint density at radius 3 is 2.47 bits per heavy atom. The monoisotopic (exact) mass is 264 g/mol. The Hall–Kier alpha value is -2.24. The van der Waals surface area contributed by atoms with Crippen LogP contribution in [0.3, 0.4) is 0 Å². The maximum absolute atomic E-state index is 11.9. The van der Waals surface area contributed by atoms with Crippen LogP contribution < -0.4 is 15.4 Å². The number of carbonyl (C=O) groups is 2. The summed E-state index contributed by atoms with van der Waals surface area (Å²) in [6.07, 6.45) is 1.19. The fraction of sp³-hybridized carbons (Fsp3) is 0.385. The molecule has 2 rings (SSSR count). The second-order valence-electron chi connectivity index (χ2n) is 4.35. The van der Waals surface area contributed by atoms with Crippen LogP contribution in [0.4, 0.5) is 10.5 Å². The number of carbonyl (C=O) groups excluding carboxylic acids is 2. The lowest BCUT2D eigenvalue weighted by atomic mass is 10.2. The van der Waals surface area contributed by atoms with E-state index in [1.807, 2.05) is 0 Å². The van der Waals surface area contributed by atoms with Gasteiger partial charge >= 0.3 is 12.0 Å². The summed E-state index contributed by atoms with van der Waals surface area (Å²) < 4.78 is 9.79. The summed E-state index contributed by atoms with van der Waals surface area (Å²) in [6, 6.07) is 6.59. The van der Waals surface area contributed by atoms with Crippen LogP contribution in [0.1, 0.15) is 12.8 Å². The molecular formula is C13H16N2O4. The number of methoxy groups -OCH3 is 2. The van der Waals surface area contributed by atoms with Crippen molar-refractivity contribution in [2.45, 2.75) is 18.4 Å². The minimum Gasteiger partial charge on any atom is -0.495 e. The van der Waals surface area contributed by atoms with Gasteiger partial charge in [0.25, 0.3) is 0 Å². The van der Waals surface area contributed by atoms with Crippen molar-refractivity contribution in [2.75, 3.05) is 19.5 Å². The van der Waals surface area contributed by atoms with E-state index in [4.69, 9.17) is 4.74 Å². The van der Waals surface area contributed by atoms with Crippen molar-refractivity contribution in [3.8, 4) is 5.75 Å². The van der Waals surface area contributed by atoms with Gasteiger partial charge < -0.3 is 20.1 Å². The Labute approximate surface area is 111 Å². The van der Waals surface area contributed by atoms with Gasteiger partial charge in [-0.25, -0.2) is 9.59 Å². The van der Waals surface area contributed by atoms with E-state index in [1.54, 1.807) is 24.3 Å². The minimum absolute atomic E-state index is 0.414. The van der Waals surface area contributed by atoms with E-state index in [0.717, 1.165) is 0 Å². The molecule has 102 valence electrons. The van der Waals surface area contributed by atoms with Crippen molar-refractivity contribution in [1.29, 1.82) is 0 Å². The van der Waals surface area contributed by atoms with Crippen LogP contribution in [0.15, 0.2) is 24.3 Å². The van der Waals surface area contributed by atoms with E-state index in [9.17, 15) is 9.59 Å². The zero-order chi connectivity index (χ0) is 13.9. The number of hydrogen-bond donors (Lipinski definition) is 2. The van der Waals surface area contributed by atoms with Gasteiger partial charge in [0.1, 0.15) is 11.3 Å². The first kappa shape index (κ1) is 13.2. The maximum Gasteiger partial charge on any atom is 0.331 e. The zero-order valence-electron chi connectivity index (χ0n) is 10.9. The van der Waals surface area contributed by atoms with Crippen LogP contribution in [0, 0.1) is 0 Å².